The predicted molar refractivity (Wildman–Crippen MR) is 98.0 cm³/mol. The van der Waals surface area contributed by atoms with Crippen molar-refractivity contribution in [2.75, 3.05) is 7.11 Å². The number of nitro benzene ring substituents is 1. The molecule has 0 aliphatic carbocycles. The second kappa shape index (κ2) is 8.47. The van der Waals surface area contributed by atoms with Crippen molar-refractivity contribution in [1.29, 1.82) is 0 Å². The van der Waals surface area contributed by atoms with Gasteiger partial charge in [0.05, 0.1) is 23.2 Å². The second-order valence-corrected chi connectivity index (χ2v) is 6.07. The Morgan fingerprint density at radius 2 is 1.87 bits per heavy atom. The maximum absolute atomic E-state index is 13.7. The lowest BCUT2D eigenvalue weighted by Gasteiger charge is -2.05. The minimum atomic E-state index is -0.954. The number of carbonyl (C=O) groups excluding carboxylic acids is 2. The van der Waals surface area contributed by atoms with Crippen LogP contribution in [0.3, 0.4) is 0 Å². The van der Waals surface area contributed by atoms with Gasteiger partial charge in [-0.05, 0) is 24.6 Å². The van der Waals surface area contributed by atoms with Crippen molar-refractivity contribution < 1.29 is 32.9 Å². The van der Waals surface area contributed by atoms with E-state index in [2.05, 4.69) is 14.9 Å². The standard InChI is InChI=1S/C19H14FN3O7/c1-10-3-4-11(8-15(10)20)17-21-16(30-22-17)9-29-19(25)13-5-12(18(24)28-2)6-14(7-13)23(26)27/h3-8H,9H2,1-2H3. The molecule has 1 aromatic heterocycles. The Morgan fingerprint density at radius 3 is 2.50 bits per heavy atom. The van der Waals surface area contributed by atoms with Crippen molar-refractivity contribution in [3.63, 3.8) is 0 Å². The summed E-state index contributed by atoms with van der Waals surface area (Å²) in [5.41, 5.74) is -0.0584. The van der Waals surface area contributed by atoms with E-state index in [9.17, 15) is 24.1 Å². The maximum atomic E-state index is 13.7. The summed E-state index contributed by atoms with van der Waals surface area (Å²) >= 11 is 0. The van der Waals surface area contributed by atoms with Crippen LogP contribution in [-0.2, 0) is 16.1 Å². The molecule has 0 saturated carbocycles. The van der Waals surface area contributed by atoms with Crippen LogP contribution >= 0.6 is 0 Å². The Labute approximate surface area is 168 Å². The molecule has 10 nitrogen and oxygen atoms in total. The number of methoxy groups -OCH3 is 1. The summed E-state index contributed by atoms with van der Waals surface area (Å²) in [7, 11) is 1.10. The minimum Gasteiger partial charge on any atom is -0.465 e. The van der Waals surface area contributed by atoms with Crippen LogP contribution in [0.15, 0.2) is 40.9 Å². The van der Waals surface area contributed by atoms with Gasteiger partial charge >= 0.3 is 11.9 Å². The van der Waals surface area contributed by atoms with Crippen LogP contribution in [0.4, 0.5) is 10.1 Å². The van der Waals surface area contributed by atoms with Crippen LogP contribution < -0.4 is 0 Å². The molecule has 0 bridgehead atoms. The monoisotopic (exact) mass is 415 g/mol. The highest BCUT2D eigenvalue weighted by Gasteiger charge is 2.20. The number of non-ortho nitro benzene ring substituents is 1. The van der Waals surface area contributed by atoms with E-state index < -0.39 is 35.0 Å². The molecular formula is C19H14FN3O7. The van der Waals surface area contributed by atoms with Gasteiger partial charge in [0.25, 0.3) is 11.6 Å². The first-order valence-corrected chi connectivity index (χ1v) is 8.42. The highest BCUT2D eigenvalue weighted by molar-refractivity contribution is 5.96. The van der Waals surface area contributed by atoms with Gasteiger partial charge in [0, 0.05) is 17.7 Å². The van der Waals surface area contributed by atoms with Gasteiger partial charge in [-0.25, -0.2) is 14.0 Å². The molecule has 0 N–H and O–H groups in total. The van der Waals surface area contributed by atoms with Gasteiger partial charge in [0.15, 0.2) is 6.61 Å². The normalized spacial score (nSPS) is 10.5. The summed E-state index contributed by atoms with van der Waals surface area (Å²) in [6.07, 6.45) is 0. The molecule has 0 unspecified atom stereocenters. The summed E-state index contributed by atoms with van der Waals surface area (Å²) in [6, 6.07) is 7.46. The highest BCUT2D eigenvalue weighted by Crippen LogP contribution is 2.21. The number of hydrogen-bond acceptors (Lipinski definition) is 9. The molecule has 0 amide bonds. The van der Waals surface area contributed by atoms with E-state index in [1.54, 1.807) is 19.1 Å². The Kier molecular flexibility index (Phi) is 5.81. The number of benzene rings is 2. The summed E-state index contributed by atoms with van der Waals surface area (Å²) < 4.78 is 28.2. The molecule has 0 aliphatic heterocycles. The Balaban J connectivity index is 1.75. The number of halogens is 1. The molecule has 1 heterocycles. The summed E-state index contributed by atoms with van der Waals surface area (Å²) in [6.45, 7) is 1.18. The minimum absolute atomic E-state index is 0.0713. The molecule has 0 atom stereocenters. The van der Waals surface area contributed by atoms with E-state index in [4.69, 9.17) is 9.26 Å². The molecule has 0 fully saturated rings. The van der Waals surface area contributed by atoms with Crippen molar-refractivity contribution in [3.8, 4) is 11.4 Å². The third kappa shape index (κ3) is 4.46. The average Bonchev–Trinajstić information content (AvgIpc) is 3.22. The number of rotatable bonds is 6. The maximum Gasteiger partial charge on any atom is 0.338 e. The zero-order valence-corrected chi connectivity index (χ0v) is 15.7. The lowest BCUT2D eigenvalue weighted by atomic mass is 10.1. The van der Waals surface area contributed by atoms with Crippen LogP contribution in [0.5, 0.6) is 0 Å². The number of esters is 2. The van der Waals surface area contributed by atoms with Crippen molar-refractivity contribution in [2.24, 2.45) is 0 Å². The largest absolute Gasteiger partial charge is 0.465 e. The quantitative estimate of drug-likeness (QED) is 0.338. The van der Waals surface area contributed by atoms with E-state index in [1.165, 1.54) is 6.07 Å². The first kappa shape index (κ1) is 20.6. The molecule has 0 saturated heterocycles. The lowest BCUT2D eigenvalue weighted by Crippen LogP contribution is -2.09. The molecule has 0 radical (unpaired) electrons. The van der Waals surface area contributed by atoms with Crippen molar-refractivity contribution in [3.05, 3.63) is 74.9 Å². The predicted octanol–water partition coefficient (Wildman–Crippen LogP) is 3.24. The van der Waals surface area contributed by atoms with Gasteiger partial charge in [0.2, 0.25) is 5.82 Å². The molecular weight excluding hydrogens is 401 g/mol. The number of carbonyl (C=O) groups is 2. The molecule has 30 heavy (non-hydrogen) atoms. The molecule has 3 aromatic rings. The van der Waals surface area contributed by atoms with Crippen LogP contribution in [0.2, 0.25) is 0 Å². The SMILES string of the molecule is COC(=O)c1cc(C(=O)OCc2nc(-c3ccc(C)c(F)c3)no2)cc([N+](=O)[O-])c1. The zero-order chi connectivity index (χ0) is 21.8. The topological polar surface area (TPSA) is 135 Å². The van der Waals surface area contributed by atoms with E-state index in [0.29, 0.717) is 11.1 Å². The number of aromatic nitrogens is 2. The Morgan fingerprint density at radius 1 is 1.17 bits per heavy atom. The fraction of sp³-hybridized carbons (Fsp3) is 0.158. The lowest BCUT2D eigenvalue weighted by molar-refractivity contribution is -0.384. The van der Waals surface area contributed by atoms with Gasteiger partial charge in [0.1, 0.15) is 5.82 Å². The van der Waals surface area contributed by atoms with Gasteiger partial charge in [-0.15, -0.1) is 0 Å². The summed E-state index contributed by atoms with van der Waals surface area (Å²) in [5.74, 6) is -2.21. The van der Waals surface area contributed by atoms with Crippen molar-refractivity contribution >= 4 is 17.6 Å². The molecule has 2 aromatic carbocycles. The van der Waals surface area contributed by atoms with E-state index in [-0.39, 0.29) is 22.8 Å². The number of nitro groups is 1. The highest BCUT2D eigenvalue weighted by atomic mass is 19.1. The second-order valence-electron chi connectivity index (χ2n) is 6.07. The average molecular weight is 415 g/mol. The Bertz CT molecular complexity index is 1140. The van der Waals surface area contributed by atoms with E-state index in [1.807, 2.05) is 0 Å². The fourth-order valence-corrected chi connectivity index (χ4v) is 2.44. The van der Waals surface area contributed by atoms with E-state index >= 15 is 0 Å². The molecule has 154 valence electrons. The first-order chi connectivity index (χ1) is 14.3. The fourth-order valence-electron chi connectivity index (χ4n) is 2.44. The summed E-state index contributed by atoms with van der Waals surface area (Å²) in [4.78, 5) is 38.3. The molecule has 0 spiro atoms. The summed E-state index contributed by atoms with van der Waals surface area (Å²) in [5, 5.41) is 14.7. The molecule has 11 heteroatoms. The van der Waals surface area contributed by atoms with Crippen molar-refractivity contribution in [2.45, 2.75) is 13.5 Å². The van der Waals surface area contributed by atoms with Crippen LogP contribution in [0.1, 0.15) is 32.2 Å². The van der Waals surface area contributed by atoms with Crippen LogP contribution in [0.25, 0.3) is 11.4 Å². The Hall–Kier alpha value is -4.15. The molecule has 0 aliphatic rings. The first-order valence-electron chi connectivity index (χ1n) is 8.42. The van der Waals surface area contributed by atoms with E-state index in [0.717, 1.165) is 25.3 Å². The van der Waals surface area contributed by atoms with Gasteiger partial charge in [-0.2, -0.15) is 4.98 Å². The van der Waals surface area contributed by atoms with Gasteiger partial charge in [-0.3, -0.25) is 10.1 Å². The number of nitrogens with zero attached hydrogens (tertiary/aromatic N) is 3. The number of hydrogen-bond donors (Lipinski definition) is 0. The number of aryl methyl sites for hydroxylation is 1. The molecule has 3 rings (SSSR count). The van der Waals surface area contributed by atoms with Gasteiger partial charge < -0.3 is 14.0 Å². The number of ether oxygens (including phenoxy) is 2. The smallest absolute Gasteiger partial charge is 0.338 e. The van der Waals surface area contributed by atoms with Crippen LogP contribution in [-0.4, -0.2) is 34.1 Å². The third-order valence-corrected chi connectivity index (χ3v) is 4.01. The third-order valence-electron chi connectivity index (χ3n) is 4.01. The zero-order valence-electron chi connectivity index (χ0n) is 15.7. The van der Waals surface area contributed by atoms with Gasteiger partial charge in [-0.1, -0.05) is 17.3 Å². The van der Waals surface area contributed by atoms with Crippen molar-refractivity contribution in [1.82, 2.24) is 10.1 Å². The van der Waals surface area contributed by atoms with Crippen LogP contribution in [0, 0.1) is 22.9 Å².